The van der Waals surface area contributed by atoms with Crippen molar-refractivity contribution in [3.05, 3.63) is 17.6 Å². The molecule has 1 atom stereocenters. The Morgan fingerprint density at radius 1 is 1.44 bits per heavy atom. The van der Waals surface area contributed by atoms with Crippen LogP contribution in [0.25, 0.3) is 0 Å². The largest absolute Gasteiger partial charge is 0.469 e. The number of hydrogen-bond acceptors (Lipinski definition) is 5. The van der Waals surface area contributed by atoms with E-state index in [9.17, 15) is 9.59 Å². The zero-order valence-corrected chi connectivity index (χ0v) is 10.6. The number of hydrogen-bond donors (Lipinski definition) is 0. The molecule has 96 valence electrons. The first kappa shape index (κ1) is 12.5. The van der Waals surface area contributed by atoms with Crippen LogP contribution >= 0.6 is 0 Å². The number of ether oxygens (including phenoxy) is 1. The Balaban J connectivity index is 2.24. The van der Waals surface area contributed by atoms with Crippen molar-refractivity contribution in [3.63, 3.8) is 0 Å². The molecule has 1 fully saturated rings. The van der Waals surface area contributed by atoms with Crippen molar-refractivity contribution < 1.29 is 14.3 Å². The van der Waals surface area contributed by atoms with E-state index in [-0.39, 0.29) is 18.3 Å². The quantitative estimate of drug-likeness (QED) is 0.718. The minimum atomic E-state index is -0.405. The number of aromatic nitrogens is 2. The minimum absolute atomic E-state index is 0.108. The Morgan fingerprint density at radius 3 is 2.78 bits per heavy atom. The number of aryl methyl sites for hydroxylation is 2. The van der Waals surface area contributed by atoms with Gasteiger partial charge in [-0.3, -0.25) is 14.5 Å². The summed E-state index contributed by atoms with van der Waals surface area (Å²) < 4.78 is 4.66. The van der Waals surface area contributed by atoms with Gasteiger partial charge in [0.25, 0.3) is 0 Å². The summed E-state index contributed by atoms with van der Waals surface area (Å²) in [6.07, 6.45) is 0.175. The number of methoxy groups -OCH3 is 1. The van der Waals surface area contributed by atoms with Crippen molar-refractivity contribution in [2.45, 2.75) is 20.3 Å². The Bertz CT molecular complexity index is 481. The third-order valence-electron chi connectivity index (χ3n) is 2.89. The molecule has 2 heterocycles. The monoisotopic (exact) mass is 249 g/mol. The molecule has 6 nitrogen and oxygen atoms in total. The fraction of sp³-hybridized carbons (Fsp3) is 0.500. The standard InChI is InChI=1S/C12H15N3O3/c1-7-4-10(14-8(2)13-7)15-6-9(5-11(15)16)12(17)18-3/h4,9H,5-6H2,1-3H3. The van der Waals surface area contributed by atoms with Crippen LogP contribution in [0.4, 0.5) is 5.82 Å². The molecule has 0 saturated carbocycles. The van der Waals surface area contributed by atoms with E-state index >= 15 is 0 Å². The van der Waals surface area contributed by atoms with Crippen LogP contribution in [0.15, 0.2) is 6.07 Å². The van der Waals surface area contributed by atoms with Gasteiger partial charge in [0.15, 0.2) is 0 Å². The Kier molecular flexibility index (Phi) is 3.27. The normalized spacial score (nSPS) is 19.2. The molecule has 0 N–H and O–H groups in total. The highest BCUT2D eigenvalue weighted by Crippen LogP contribution is 2.24. The van der Waals surface area contributed by atoms with E-state index in [1.54, 1.807) is 13.0 Å². The third kappa shape index (κ3) is 2.32. The van der Waals surface area contributed by atoms with Crippen LogP contribution in [0.3, 0.4) is 0 Å². The topological polar surface area (TPSA) is 72.4 Å². The van der Waals surface area contributed by atoms with Crippen molar-refractivity contribution in [1.82, 2.24) is 9.97 Å². The second kappa shape index (κ2) is 4.72. The molecule has 0 radical (unpaired) electrons. The second-order valence-electron chi connectivity index (χ2n) is 4.34. The van der Waals surface area contributed by atoms with Gasteiger partial charge in [-0.1, -0.05) is 0 Å². The number of nitrogens with zero attached hydrogens (tertiary/aromatic N) is 3. The summed E-state index contributed by atoms with van der Waals surface area (Å²) in [6, 6.07) is 1.74. The van der Waals surface area contributed by atoms with Gasteiger partial charge >= 0.3 is 5.97 Å². The van der Waals surface area contributed by atoms with Gasteiger partial charge in [-0.15, -0.1) is 0 Å². The second-order valence-corrected chi connectivity index (χ2v) is 4.34. The van der Waals surface area contributed by atoms with E-state index < -0.39 is 5.92 Å². The summed E-state index contributed by atoms with van der Waals surface area (Å²) in [6.45, 7) is 3.94. The molecule has 0 spiro atoms. The predicted octanol–water partition coefficient (Wildman–Crippen LogP) is 0.619. The van der Waals surface area contributed by atoms with Crippen LogP contribution in [-0.4, -0.2) is 35.5 Å². The van der Waals surface area contributed by atoms with Gasteiger partial charge in [0, 0.05) is 24.7 Å². The SMILES string of the molecule is COC(=O)C1CC(=O)N(c2cc(C)nc(C)n2)C1. The van der Waals surface area contributed by atoms with Crippen LogP contribution in [-0.2, 0) is 14.3 Å². The number of carbonyl (C=O) groups is 2. The van der Waals surface area contributed by atoms with Crippen LogP contribution in [0.1, 0.15) is 17.9 Å². The van der Waals surface area contributed by atoms with E-state index in [0.717, 1.165) is 5.69 Å². The van der Waals surface area contributed by atoms with Crippen molar-refractivity contribution >= 4 is 17.7 Å². The smallest absolute Gasteiger partial charge is 0.311 e. The molecular weight excluding hydrogens is 234 g/mol. The van der Waals surface area contributed by atoms with Crippen LogP contribution in [0.2, 0.25) is 0 Å². The molecule has 1 amide bonds. The highest BCUT2D eigenvalue weighted by molar-refractivity contribution is 5.98. The molecule has 0 aliphatic carbocycles. The zero-order valence-electron chi connectivity index (χ0n) is 10.6. The molecule has 1 aromatic heterocycles. The molecule has 1 unspecified atom stereocenters. The maximum absolute atomic E-state index is 11.9. The number of anilines is 1. The van der Waals surface area contributed by atoms with Gasteiger partial charge < -0.3 is 4.74 Å². The lowest BCUT2D eigenvalue weighted by Gasteiger charge is -2.15. The average molecular weight is 249 g/mol. The van der Waals surface area contributed by atoms with Crippen molar-refractivity contribution in [2.75, 3.05) is 18.6 Å². The molecule has 0 aromatic carbocycles. The lowest BCUT2D eigenvalue weighted by atomic mass is 10.1. The molecule has 18 heavy (non-hydrogen) atoms. The molecule has 2 rings (SSSR count). The maximum Gasteiger partial charge on any atom is 0.311 e. The summed E-state index contributed by atoms with van der Waals surface area (Å²) in [5, 5.41) is 0. The maximum atomic E-state index is 11.9. The lowest BCUT2D eigenvalue weighted by Crippen LogP contribution is -2.27. The minimum Gasteiger partial charge on any atom is -0.469 e. The van der Waals surface area contributed by atoms with Crippen molar-refractivity contribution in [2.24, 2.45) is 5.92 Å². The first-order valence-corrected chi connectivity index (χ1v) is 5.71. The van der Waals surface area contributed by atoms with E-state index in [1.807, 2.05) is 6.92 Å². The lowest BCUT2D eigenvalue weighted by molar-refractivity contribution is -0.145. The highest BCUT2D eigenvalue weighted by atomic mass is 16.5. The van der Waals surface area contributed by atoms with Crippen LogP contribution < -0.4 is 4.90 Å². The van der Waals surface area contributed by atoms with Gasteiger partial charge in [0.2, 0.25) is 5.91 Å². The summed E-state index contributed by atoms with van der Waals surface area (Å²) >= 11 is 0. The van der Waals surface area contributed by atoms with Crippen molar-refractivity contribution in [3.8, 4) is 0 Å². The van der Waals surface area contributed by atoms with Crippen molar-refractivity contribution in [1.29, 1.82) is 0 Å². The van der Waals surface area contributed by atoms with Gasteiger partial charge in [-0.05, 0) is 13.8 Å². The van der Waals surface area contributed by atoms with E-state index in [0.29, 0.717) is 18.2 Å². The average Bonchev–Trinajstić information content (AvgIpc) is 2.69. The molecule has 1 aromatic rings. The fourth-order valence-electron chi connectivity index (χ4n) is 2.09. The zero-order chi connectivity index (χ0) is 13.3. The molecular formula is C12H15N3O3. The van der Waals surface area contributed by atoms with Gasteiger partial charge in [-0.2, -0.15) is 0 Å². The van der Waals surface area contributed by atoms with Crippen LogP contribution in [0.5, 0.6) is 0 Å². The van der Waals surface area contributed by atoms with E-state index in [4.69, 9.17) is 0 Å². The summed E-state index contributed by atoms with van der Waals surface area (Å²) in [5.41, 5.74) is 0.798. The Labute approximate surface area is 105 Å². The third-order valence-corrected chi connectivity index (χ3v) is 2.89. The van der Waals surface area contributed by atoms with Gasteiger partial charge in [0.1, 0.15) is 11.6 Å². The Hall–Kier alpha value is -1.98. The van der Waals surface area contributed by atoms with Gasteiger partial charge in [0.05, 0.1) is 13.0 Å². The molecule has 6 heteroatoms. The summed E-state index contributed by atoms with van der Waals surface area (Å²) in [4.78, 5) is 33.2. The molecule has 1 aliphatic heterocycles. The number of esters is 1. The molecule has 0 bridgehead atoms. The number of rotatable bonds is 2. The van der Waals surface area contributed by atoms with E-state index in [1.165, 1.54) is 12.0 Å². The van der Waals surface area contributed by atoms with Gasteiger partial charge in [-0.25, -0.2) is 9.97 Å². The van der Waals surface area contributed by atoms with E-state index in [2.05, 4.69) is 14.7 Å². The number of carbonyl (C=O) groups excluding carboxylic acids is 2. The molecule has 1 aliphatic rings. The number of amides is 1. The fourth-order valence-corrected chi connectivity index (χ4v) is 2.09. The Morgan fingerprint density at radius 2 is 2.17 bits per heavy atom. The molecule has 1 saturated heterocycles. The summed E-state index contributed by atoms with van der Waals surface area (Å²) in [7, 11) is 1.33. The first-order chi connectivity index (χ1) is 8.51. The predicted molar refractivity (Wildman–Crippen MR) is 64.0 cm³/mol. The highest BCUT2D eigenvalue weighted by Gasteiger charge is 2.36. The first-order valence-electron chi connectivity index (χ1n) is 5.71. The van der Waals surface area contributed by atoms with Crippen LogP contribution in [0, 0.1) is 19.8 Å². The summed E-state index contributed by atoms with van der Waals surface area (Å²) in [5.74, 6) is 0.296.